The van der Waals surface area contributed by atoms with Gasteiger partial charge in [0.25, 0.3) is 0 Å². The van der Waals surface area contributed by atoms with Crippen molar-refractivity contribution in [3.63, 3.8) is 0 Å². The van der Waals surface area contributed by atoms with Crippen LogP contribution >= 0.6 is 15.9 Å². The van der Waals surface area contributed by atoms with Gasteiger partial charge in [-0.15, -0.1) is 0 Å². The number of aromatic nitrogens is 2. The smallest absolute Gasteiger partial charge is 0.205 e. The van der Waals surface area contributed by atoms with E-state index in [0.29, 0.717) is 5.52 Å². The van der Waals surface area contributed by atoms with Gasteiger partial charge in [-0.1, -0.05) is 0 Å². The van der Waals surface area contributed by atoms with E-state index in [9.17, 15) is 4.79 Å². The highest BCUT2D eigenvalue weighted by molar-refractivity contribution is 9.10. The van der Waals surface area contributed by atoms with Crippen molar-refractivity contribution in [2.45, 2.75) is 0 Å². The van der Waals surface area contributed by atoms with Gasteiger partial charge in [0.15, 0.2) is 0 Å². The first-order valence-electron chi connectivity index (χ1n) is 3.13. The summed E-state index contributed by atoms with van der Waals surface area (Å²) in [6.45, 7) is 0. The van der Waals surface area contributed by atoms with Crippen molar-refractivity contribution in [1.29, 1.82) is 0 Å². The van der Waals surface area contributed by atoms with E-state index in [2.05, 4.69) is 25.9 Å². The highest BCUT2D eigenvalue weighted by Gasteiger charge is 2.01. The molecule has 0 spiro atoms. The molecule has 2 rings (SSSR count). The second-order valence-electron chi connectivity index (χ2n) is 2.23. The van der Waals surface area contributed by atoms with Crippen molar-refractivity contribution >= 4 is 27.0 Å². The number of aromatic amines is 2. The van der Waals surface area contributed by atoms with Crippen molar-refractivity contribution < 1.29 is 0 Å². The quantitative estimate of drug-likeness (QED) is 0.686. The monoisotopic (exact) mass is 212 g/mol. The molecule has 0 amide bonds. The van der Waals surface area contributed by atoms with Crippen LogP contribution in [-0.4, -0.2) is 9.97 Å². The molecule has 4 heteroatoms. The van der Waals surface area contributed by atoms with E-state index in [0.717, 1.165) is 9.99 Å². The molecule has 2 heterocycles. The average Bonchev–Trinajstić information content (AvgIpc) is 2.35. The van der Waals surface area contributed by atoms with Crippen molar-refractivity contribution in [2.24, 2.45) is 0 Å². The van der Waals surface area contributed by atoms with Crippen LogP contribution in [0.4, 0.5) is 0 Å². The van der Waals surface area contributed by atoms with Crippen molar-refractivity contribution in [2.75, 3.05) is 0 Å². The number of rotatable bonds is 0. The number of halogens is 1. The molecule has 0 fully saturated rings. The normalized spacial score (nSPS) is 10.6. The minimum atomic E-state index is 0.00412. The minimum absolute atomic E-state index is 0.00412. The molecule has 11 heavy (non-hydrogen) atoms. The lowest BCUT2D eigenvalue weighted by atomic mass is 10.4. The summed E-state index contributed by atoms with van der Waals surface area (Å²) in [5.74, 6) is 0. The lowest BCUT2D eigenvalue weighted by Gasteiger charge is -1.87. The summed E-state index contributed by atoms with van der Waals surface area (Å²) >= 11 is 3.30. The molecule has 3 nitrogen and oxygen atoms in total. The van der Waals surface area contributed by atoms with Crippen molar-refractivity contribution in [3.8, 4) is 0 Å². The van der Waals surface area contributed by atoms with Gasteiger partial charge in [0.2, 0.25) is 5.43 Å². The lowest BCUT2D eigenvalue weighted by molar-refractivity contribution is 1.38. The third-order valence-corrected chi connectivity index (χ3v) is 2.17. The topological polar surface area (TPSA) is 48.6 Å². The second kappa shape index (κ2) is 2.23. The Morgan fingerprint density at radius 3 is 2.82 bits per heavy atom. The van der Waals surface area contributed by atoms with Gasteiger partial charge in [-0.2, -0.15) is 0 Å². The van der Waals surface area contributed by atoms with Crippen LogP contribution in [0.25, 0.3) is 11.0 Å². The Hall–Kier alpha value is -1.03. The standard InChI is InChI=1S/C7H5BrN2O/c8-4-3-10-7-5(11)1-2-9-6(4)7/h1-3,10H,(H,9,11). The molecular formula is C7H5BrN2O. The van der Waals surface area contributed by atoms with E-state index in [1.165, 1.54) is 6.07 Å². The van der Waals surface area contributed by atoms with E-state index in [1.54, 1.807) is 12.4 Å². The summed E-state index contributed by atoms with van der Waals surface area (Å²) in [6, 6.07) is 1.49. The van der Waals surface area contributed by atoms with Crippen LogP contribution in [0.1, 0.15) is 0 Å². The Kier molecular flexibility index (Phi) is 1.35. The Morgan fingerprint density at radius 1 is 1.27 bits per heavy atom. The van der Waals surface area contributed by atoms with E-state index >= 15 is 0 Å². The van der Waals surface area contributed by atoms with Crippen LogP contribution < -0.4 is 5.43 Å². The summed E-state index contributed by atoms with van der Waals surface area (Å²) in [4.78, 5) is 16.9. The van der Waals surface area contributed by atoms with Crippen LogP contribution in [0.15, 0.2) is 27.7 Å². The zero-order valence-electron chi connectivity index (χ0n) is 5.52. The molecule has 56 valence electrons. The summed E-state index contributed by atoms with van der Waals surface area (Å²) in [5, 5.41) is 0. The van der Waals surface area contributed by atoms with Crippen LogP contribution in [0, 0.1) is 0 Å². The predicted octanol–water partition coefficient (Wildman–Crippen LogP) is 1.62. The average molecular weight is 213 g/mol. The molecule has 0 aliphatic heterocycles. The van der Waals surface area contributed by atoms with Gasteiger partial charge in [-0.3, -0.25) is 4.79 Å². The number of H-pyrrole nitrogens is 2. The molecule has 2 aromatic heterocycles. The van der Waals surface area contributed by atoms with E-state index in [-0.39, 0.29) is 5.43 Å². The number of pyridine rings is 1. The van der Waals surface area contributed by atoms with E-state index in [4.69, 9.17) is 0 Å². The highest BCUT2D eigenvalue weighted by Crippen LogP contribution is 2.17. The maximum Gasteiger partial charge on any atom is 0.205 e. The van der Waals surface area contributed by atoms with Crippen LogP contribution in [0.5, 0.6) is 0 Å². The molecular weight excluding hydrogens is 208 g/mol. The Bertz CT molecular complexity index is 443. The van der Waals surface area contributed by atoms with Gasteiger partial charge >= 0.3 is 0 Å². The molecule has 0 aromatic carbocycles. The van der Waals surface area contributed by atoms with Crippen molar-refractivity contribution in [3.05, 3.63) is 33.2 Å². The SMILES string of the molecule is O=c1cc[nH]c2c(Br)c[nH]c12. The molecule has 0 saturated heterocycles. The Balaban J connectivity index is 3.06. The van der Waals surface area contributed by atoms with Gasteiger partial charge in [0, 0.05) is 18.5 Å². The molecule has 0 atom stereocenters. The van der Waals surface area contributed by atoms with Gasteiger partial charge in [-0.05, 0) is 15.9 Å². The third-order valence-electron chi connectivity index (χ3n) is 1.54. The highest BCUT2D eigenvalue weighted by atomic mass is 79.9. The van der Waals surface area contributed by atoms with E-state index in [1.807, 2.05) is 0 Å². The van der Waals surface area contributed by atoms with Gasteiger partial charge in [-0.25, -0.2) is 0 Å². The Labute approximate surface area is 70.6 Å². The third kappa shape index (κ3) is 0.903. The number of hydrogen-bond acceptors (Lipinski definition) is 1. The summed E-state index contributed by atoms with van der Waals surface area (Å²) in [7, 11) is 0. The minimum Gasteiger partial charge on any atom is -0.359 e. The molecule has 0 saturated carbocycles. The fourth-order valence-corrected chi connectivity index (χ4v) is 1.45. The largest absolute Gasteiger partial charge is 0.359 e. The molecule has 2 N–H and O–H groups in total. The number of fused-ring (bicyclic) bond motifs is 1. The van der Waals surface area contributed by atoms with Crippen LogP contribution in [-0.2, 0) is 0 Å². The molecule has 0 aliphatic carbocycles. The summed E-state index contributed by atoms with van der Waals surface area (Å²) in [6.07, 6.45) is 3.37. The molecule has 0 aliphatic rings. The molecule has 2 aromatic rings. The zero-order chi connectivity index (χ0) is 7.84. The molecule has 0 bridgehead atoms. The second-order valence-corrected chi connectivity index (χ2v) is 3.08. The van der Waals surface area contributed by atoms with Gasteiger partial charge in [0.05, 0.1) is 9.99 Å². The first-order valence-corrected chi connectivity index (χ1v) is 3.92. The fourth-order valence-electron chi connectivity index (χ4n) is 1.02. The van der Waals surface area contributed by atoms with Gasteiger partial charge in [0.1, 0.15) is 5.52 Å². The number of hydrogen-bond donors (Lipinski definition) is 2. The lowest BCUT2D eigenvalue weighted by Crippen LogP contribution is -1.98. The first kappa shape index (κ1) is 6.67. The molecule has 0 radical (unpaired) electrons. The Morgan fingerprint density at radius 2 is 2.09 bits per heavy atom. The zero-order valence-corrected chi connectivity index (χ0v) is 7.10. The van der Waals surface area contributed by atoms with Crippen molar-refractivity contribution in [1.82, 2.24) is 9.97 Å². The first-order chi connectivity index (χ1) is 5.29. The van der Waals surface area contributed by atoms with Crippen LogP contribution in [0.3, 0.4) is 0 Å². The summed E-state index contributed by atoms with van der Waals surface area (Å²) < 4.78 is 0.880. The number of nitrogens with one attached hydrogen (secondary N) is 2. The predicted molar refractivity (Wildman–Crippen MR) is 46.6 cm³/mol. The molecule has 0 unspecified atom stereocenters. The van der Waals surface area contributed by atoms with Crippen LogP contribution in [0.2, 0.25) is 0 Å². The van der Waals surface area contributed by atoms with E-state index < -0.39 is 0 Å². The van der Waals surface area contributed by atoms with Gasteiger partial charge < -0.3 is 9.97 Å². The maximum atomic E-state index is 11.1. The fraction of sp³-hybridized carbons (Fsp3) is 0. The summed E-state index contributed by atoms with van der Waals surface area (Å²) in [5.41, 5.74) is 1.43. The maximum absolute atomic E-state index is 11.1.